The predicted octanol–water partition coefficient (Wildman–Crippen LogP) is 2.99. The van der Waals surface area contributed by atoms with Gasteiger partial charge in [-0.25, -0.2) is 0 Å². The SMILES string of the molecule is C1=CC2CC[CH]([Zr]3([CH]4CCC5C=CC=CC54)[CH2][CH2]3)C2C=C1.[Cl-].[H-]. The fraction of sp³-hybridized carbons (Fsp3) is 0.600. The van der Waals surface area contributed by atoms with Crippen LogP contribution in [0, 0.1) is 23.7 Å². The summed E-state index contributed by atoms with van der Waals surface area (Å²) < 4.78 is 5.83. The molecule has 6 atom stereocenters. The van der Waals surface area contributed by atoms with Gasteiger partial charge in [-0.1, -0.05) is 0 Å². The third kappa shape index (κ3) is 2.26. The molecule has 0 radical (unpaired) electrons. The van der Waals surface area contributed by atoms with Crippen LogP contribution in [0.1, 0.15) is 27.1 Å². The van der Waals surface area contributed by atoms with Crippen molar-refractivity contribution in [2.24, 2.45) is 23.7 Å². The summed E-state index contributed by atoms with van der Waals surface area (Å²) in [6.07, 6.45) is 25.7. The van der Waals surface area contributed by atoms with Gasteiger partial charge < -0.3 is 13.8 Å². The molecule has 5 aliphatic rings. The predicted molar refractivity (Wildman–Crippen MR) is 87.2 cm³/mol. The van der Waals surface area contributed by atoms with Crippen molar-refractivity contribution in [3.63, 3.8) is 0 Å². The third-order valence-electron chi connectivity index (χ3n) is 7.45. The van der Waals surface area contributed by atoms with Crippen molar-refractivity contribution in [2.45, 2.75) is 41.2 Å². The van der Waals surface area contributed by atoms with Gasteiger partial charge in [-0.3, -0.25) is 0 Å². The van der Waals surface area contributed by atoms with E-state index in [2.05, 4.69) is 48.6 Å². The molecule has 0 nitrogen and oxygen atoms in total. The second kappa shape index (κ2) is 5.89. The van der Waals surface area contributed by atoms with Gasteiger partial charge in [0.2, 0.25) is 0 Å². The number of fused-ring (bicyclic) bond motifs is 2. The number of hydrogen-bond acceptors (Lipinski definition) is 0. The molecule has 0 aromatic rings. The minimum atomic E-state index is -1.84. The van der Waals surface area contributed by atoms with Gasteiger partial charge in [0.25, 0.3) is 0 Å². The second-order valence-electron chi connectivity index (χ2n) is 8.12. The van der Waals surface area contributed by atoms with Gasteiger partial charge in [0.15, 0.2) is 0 Å². The Morgan fingerprint density at radius 1 is 0.636 bits per heavy atom. The summed E-state index contributed by atoms with van der Waals surface area (Å²) in [5, 5.41) is 0. The fourth-order valence-electron chi connectivity index (χ4n) is 6.41. The topological polar surface area (TPSA) is 0 Å². The van der Waals surface area contributed by atoms with Crippen LogP contribution in [0.2, 0.25) is 15.5 Å². The molecule has 0 amide bonds. The standard InChI is InChI=1S/2C9H11.C2H4.ClH.Zr.H/c2*1-2-5-9-7-3-6-8(9)4-1;1-2;;;/h2*1-2,4-6,8-9H,3,7H2;1-2H2;1H;;/q;;;;;-1/p-1. The largest absolute Gasteiger partial charge is 1.00 e. The van der Waals surface area contributed by atoms with Crippen molar-refractivity contribution in [3.8, 4) is 0 Å². The minimum Gasteiger partial charge on any atom is -1.00 e. The molecule has 0 spiro atoms. The van der Waals surface area contributed by atoms with Crippen molar-refractivity contribution >= 4 is 0 Å². The Morgan fingerprint density at radius 2 is 1.09 bits per heavy atom. The van der Waals surface area contributed by atoms with Crippen molar-refractivity contribution in [3.05, 3.63) is 48.6 Å². The molecule has 0 aromatic carbocycles. The first kappa shape index (κ1) is 15.6. The molecule has 2 saturated carbocycles. The Balaban J connectivity index is 0.000000781. The van der Waals surface area contributed by atoms with Gasteiger partial charge in [0, 0.05) is 0 Å². The van der Waals surface area contributed by atoms with Crippen molar-refractivity contribution in [1.29, 1.82) is 0 Å². The van der Waals surface area contributed by atoms with Crippen LogP contribution in [0.25, 0.3) is 0 Å². The summed E-state index contributed by atoms with van der Waals surface area (Å²) in [6.45, 7) is 0. The van der Waals surface area contributed by atoms with Crippen LogP contribution in [-0.2, 0) is 20.3 Å². The molecule has 0 N–H and O–H groups in total. The van der Waals surface area contributed by atoms with Gasteiger partial charge in [-0.05, 0) is 0 Å². The van der Waals surface area contributed by atoms with E-state index in [-0.39, 0.29) is 13.8 Å². The Hall–Kier alpha value is 0.133. The Morgan fingerprint density at radius 3 is 1.55 bits per heavy atom. The average molecular weight is 394 g/mol. The molecule has 2 heteroatoms. The van der Waals surface area contributed by atoms with Crippen LogP contribution >= 0.6 is 0 Å². The third-order valence-corrected chi connectivity index (χ3v) is 22.1. The number of halogens is 1. The summed E-state index contributed by atoms with van der Waals surface area (Å²) in [6, 6.07) is 0. The van der Waals surface area contributed by atoms with Gasteiger partial charge in [-0.15, -0.1) is 0 Å². The van der Waals surface area contributed by atoms with Crippen LogP contribution in [0.4, 0.5) is 0 Å². The average Bonchev–Trinajstić information content (AvgIpc) is 3.03. The van der Waals surface area contributed by atoms with Gasteiger partial charge in [0.1, 0.15) is 0 Å². The van der Waals surface area contributed by atoms with E-state index in [4.69, 9.17) is 0 Å². The molecular weight excluding hydrogens is 367 g/mol. The zero-order valence-corrected chi connectivity index (χ0v) is 16.4. The zero-order valence-electron chi connectivity index (χ0n) is 14.2. The quantitative estimate of drug-likeness (QED) is 0.676. The molecule has 120 valence electrons. The number of allylic oxidation sites excluding steroid dienone is 8. The molecular formula is C20H27ClZr-2. The van der Waals surface area contributed by atoms with Gasteiger partial charge in [-0.2, -0.15) is 0 Å². The summed E-state index contributed by atoms with van der Waals surface area (Å²) in [5.41, 5.74) is 0. The first-order valence-electron chi connectivity index (χ1n) is 9.08. The van der Waals surface area contributed by atoms with Crippen LogP contribution in [0.3, 0.4) is 0 Å². The van der Waals surface area contributed by atoms with Crippen LogP contribution in [-0.4, -0.2) is 0 Å². The van der Waals surface area contributed by atoms with Crippen LogP contribution in [0.15, 0.2) is 48.6 Å². The molecule has 6 unspecified atom stereocenters. The Kier molecular flexibility index (Phi) is 4.19. The molecule has 1 aliphatic heterocycles. The second-order valence-corrected chi connectivity index (χ2v) is 20.3. The fourth-order valence-corrected chi connectivity index (χ4v) is 25.5. The maximum Gasteiger partial charge on any atom is -1.00 e. The normalized spacial score (nSPS) is 46.2. The van der Waals surface area contributed by atoms with E-state index >= 15 is 0 Å². The van der Waals surface area contributed by atoms with E-state index < -0.39 is 20.3 Å². The monoisotopic (exact) mass is 392 g/mol. The minimum absolute atomic E-state index is 0. The zero-order chi connectivity index (χ0) is 13.9. The molecule has 5 rings (SSSR count). The van der Waals surface area contributed by atoms with Crippen molar-refractivity contribution in [1.82, 2.24) is 0 Å². The maximum atomic E-state index is 2.60. The summed E-state index contributed by atoms with van der Waals surface area (Å²) in [4.78, 5) is 0. The molecule has 0 aromatic heterocycles. The van der Waals surface area contributed by atoms with E-state index in [1.807, 2.05) is 0 Å². The van der Waals surface area contributed by atoms with E-state index in [1.54, 1.807) is 21.1 Å². The maximum absolute atomic E-state index is 2.60. The van der Waals surface area contributed by atoms with Crippen molar-refractivity contribution in [2.75, 3.05) is 0 Å². The van der Waals surface area contributed by atoms with E-state index in [9.17, 15) is 0 Å². The first-order chi connectivity index (χ1) is 10.4. The molecule has 1 heterocycles. The van der Waals surface area contributed by atoms with Gasteiger partial charge >= 0.3 is 134 Å². The molecule has 22 heavy (non-hydrogen) atoms. The van der Waals surface area contributed by atoms with Crippen LogP contribution < -0.4 is 12.4 Å². The molecule has 0 bridgehead atoms. The van der Waals surface area contributed by atoms with E-state index in [0.29, 0.717) is 0 Å². The first-order valence-corrected chi connectivity index (χ1v) is 15.4. The van der Waals surface area contributed by atoms with Crippen molar-refractivity contribution < 1.29 is 34.1 Å². The van der Waals surface area contributed by atoms with E-state index in [0.717, 1.165) is 23.7 Å². The van der Waals surface area contributed by atoms with E-state index in [1.165, 1.54) is 20.1 Å². The Bertz CT molecular complexity index is 514. The Labute approximate surface area is 147 Å². The summed E-state index contributed by atoms with van der Waals surface area (Å²) in [7, 11) is 0. The number of hydrogen-bond donors (Lipinski definition) is 0. The summed E-state index contributed by atoms with van der Waals surface area (Å²) >= 11 is -1.84. The summed E-state index contributed by atoms with van der Waals surface area (Å²) in [5.74, 6) is 3.73. The molecule has 4 aliphatic carbocycles. The molecule has 1 saturated heterocycles. The number of rotatable bonds is 2. The van der Waals surface area contributed by atoms with Crippen LogP contribution in [0.5, 0.6) is 0 Å². The smallest absolute Gasteiger partial charge is 1.00 e. The molecule has 3 fully saturated rings. The van der Waals surface area contributed by atoms with Gasteiger partial charge in [0.05, 0.1) is 0 Å².